The fourth-order valence-corrected chi connectivity index (χ4v) is 1.07. The van der Waals surface area contributed by atoms with E-state index in [1.807, 2.05) is 11.5 Å². The van der Waals surface area contributed by atoms with Gasteiger partial charge in [0.05, 0.1) is 0 Å². The third-order valence-electron chi connectivity index (χ3n) is 0.909. The van der Waals surface area contributed by atoms with E-state index in [9.17, 15) is 4.79 Å². The third-order valence-corrected chi connectivity index (χ3v) is 1.70. The first kappa shape index (κ1) is 7.17. The van der Waals surface area contributed by atoms with Gasteiger partial charge in [0.25, 0.3) is 0 Å². The number of amides is 2. The molecule has 1 aliphatic heterocycles. The molecule has 0 aliphatic carbocycles. The third kappa shape index (κ3) is 1.52. The lowest BCUT2D eigenvalue weighted by Crippen LogP contribution is -2.37. The van der Waals surface area contributed by atoms with Gasteiger partial charge in [0.15, 0.2) is 0 Å². The van der Waals surface area contributed by atoms with Crippen LogP contribution in [0.5, 0.6) is 0 Å². The maximum atomic E-state index is 10.8. The number of nitrogens with one attached hydrogen (secondary N) is 1. The summed E-state index contributed by atoms with van der Waals surface area (Å²) in [4.78, 5) is 10.8. The summed E-state index contributed by atoms with van der Waals surface area (Å²) in [5.41, 5.74) is 2.02. The van der Waals surface area contributed by atoms with Crippen molar-refractivity contribution < 1.29 is 4.79 Å². The molecular weight excluding hydrogens is 150 g/mol. The standard InChI is InChI=1S/C5H7N3OS/c6-7-5(9)8-3-1-2-4-10-8/h1-4H,6H2,(H,7,9). The first-order valence-corrected chi connectivity index (χ1v) is 3.48. The number of hydrogen-bond acceptors (Lipinski definition) is 3. The average Bonchev–Trinajstić information content (AvgIpc) is 2.05. The van der Waals surface area contributed by atoms with Crippen molar-refractivity contribution in [3.63, 3.8) is 0 Å². The van der Waals surface area contributed by atoms with E-state index in [0.29, 0.717) is 0 Å². The average molecular weight is 157 g/mol. The van der Waals surface area contributed by atoms with Gasteiger partial charge in [0.2, 0.25) is 0 Å². The Morgan fingerprint density at radius 1 is 1.60 bits per heavy atom. The second-order valence-corrected chi connectivity index (χ2v) is 2.43. The van der Waals surface area contributed by atoms with Crippen LogP contribution in [0, 0.1) is 0 Å². The van der Waals surface area contributed by atoms with Crippen LogP contribution in [0.4, 0.5) is 4.79 Å². The van der Waals surface area contributed by atoms with Crippen molar-refractivity contribution in [2.24, 2.45) is 5.84 Å². The molecule has 1 aliphatic rings. The fourth-order valence-electron chi connectivity index (χ4n) is 0.488. The molecule has 0 unspecified atom stereocenters. The van der Waals surface area contributed by atoms with E-state index in [1.54, 1.807) is 17.7 Å². The predicted octanol–water partition coefficient (Wildman–Crippen LogP) is 0.561. The SMILES string of the molecule is NNC(=O)N1C=CC=CS1. The van der Waals surface area contributed by atoms with Crippen molar-refractivity contribution in [2.45, 2.75) is 0 Å². The summed E-state index contributed by atoms with van der Waals surface area (Å²) in [6.07, 6.45) is 5.23. The van der Waals surface area contributed by atoms with Crippen molar-refractivity contribution >= 4 is 18.0 Å². The Hall–Kier alpha value is -0.940. The molecule has 0 fully saturated rings. The van der Waals surface area contributed by atoms with E-state index in [-0.39, 0.29) is 6.03 Å². The van der Waals surface area contributed by atoms with E-state index < -0.39 is 0 Å². The summed E-state index contributed by atoms with van der Waals surface area (Å²) in [6, 6.07) is -0.328. The highest BCUT2D eigenvalue weighted by atomic mass is 32.2. The van der Waals surface area contributed by atoms with Crippen molar-refractivity contribution in [3.8, 4) is 0 Å². The van der Waals surface area contributed by atoms with E-state index >= 15 is 0 Å². The minimum atomic E-state index is -0.328. The lowest BCUT2D eigenvalue weighted by atomic mass is 10.6. The van der Waals surface area contributed by atoms with E-state index in [1.165, 1.54) is 16.3 Å². The van der Waals surface area contributed by atoms with Crippen molar-refractivity contribution in [3.05, 3.63) is 23.8 Å². The van der Waals surface area contributed by atoms with Gasteiger partial charge in [-0.05, 0) is 23.4 Å². The summed E-state index contributed by atoms with van der Waals surface area (Å²) in [6.45, 7) is 0. The van der Waals surface area contributed by atoms with Gasteiger partial charge in [-0.3, -0.25) is 5.43 Å². The van der Waals surface area contributed by atoms with Crippen LogP contribution in [0.1, 0.15) is 0 Å². The molecule has 0 saturated heterocycles. The maximum absolute atomic E-state index is 10.8. The number of nitrogens with two attached hydrogens (primary N) is 1. The van der Waals surface area contributed by atoms with E-state index in [0.717, 1.165) is 0 Å². The first-order chi connectivity index (χ1) is 4.84. The van der Waals surface area contributed by atoms with E-state index in [4.69, 9.17) is 5.84 Å². The molecule has 1 rings (SSSR count). The lowest BCUT2D eigenvalue weighted by molar-refractivity contribution is 0.233. The van der Waals surface area contributed by atoms with Crippen molar-refractivity contribution in [1.29, 1.82) is 0 Å². The van der Waals surface area contributed by atoms with Gasteiger partial charge in [-0.1, -0.05) is 6.08 Å². The highest BCUT2D eigenvalue weighted by Gasteiger charge is 2.08. The molecule has 0 saturated carbocycles. The van der Waals surface area contributed by atoms with Crippen molar-refractivity contribution in [2.75, 3.05) is 0 Å². The minimum Gasteiger partial charge on any atom is -0.275 e. The number of carbonyl (C=O) groups excluding carboxylic acids is 1. The van der Waals surface area contributed by atoms with Gasteiger partial charge in [0.1, 0.15) is 0 Å². The van der Waals surface area contributed by atoms with Crippen LogP contribution < -0.4 is 11.3 Å². The number of nitrogens with zero attached hydrogens (tertiary/aromatic N) is 1. The molecule has 0 aromatic carbocycles. The molecule has 2 amide bonds. The molecule has 1 heterocycles. The molecule has 10 heavy (non-hydrogen) atoms. The molecule has 0 atom stereocenters. The number of hydrogen-bond donors (Lipinski definition) is 2. The molecule has 54 valence electrons. The highest BCUT2D eigenvalue weighted by Crippen LogP contribution is 2.15. The van der Waals surface area contributed by atoms with Gasteiger partial charge >= 0.3 is 6.03 Å². The van der Waals surface area contributed by atoms with Crippen LogP contribution >= 0.6 is 11.9 Å². The molecule has 0 aromatic rings. The number of carbonyl (C=O) groups is 1. The fraction of sp³-hybridized carbons (Fsp3) is 0. The summed E-state index contributed by atoms with van der Waals surface area (Å²) in [5.74, 6) is 4.89. The molecule has 3 N–H and O–H groups in total. The van der Waals surface area contributed by atoms with Crippen LogP contribution in [0.15, 0.2) is 23.8 Å². The molecule has 4 nitrogen and oxygen atoms in total. The number of urea groups is 1. The zero-order valence-corrected chi connectivity index (χ0v) is 5.97. The molecular formula is C5H7N3OS. The number of allylic oxidation sites excluding steroid dienone is 2. The van der Waals surface area contributed by atoms with Crippen LogP contribution in [-0.4, -0.2) is 10.3 Å². The van der Waals surface area contributed by atoms with Crippen LogP contribution in [-0.2, 0) is 0 Å². The zero-order chi connectivity index (χ0) is 7.40. The summed E-state index contributed by atoms with van der Waals surface area (Å²) < 4.78 is 1.39. The van der Waals surface area contributed by atoms with Crippen LogP contribution in [0.3, 0.4) is 0 Å². The van der Waals surface area contributed by atoms with Gasteiger partial charge < -0.3 is 0 Å². The Labute approximate surface area is 62.9 Å². The van der Waals surface area contributed by atoms with Crippen LogP contribution in [0.2, 0.25) is 0 Å². The quantitative estimate of drug-likeness (QED) is 0.234. The second kappa shape index (κ2) is 3.28. The molecule has 0 bridgehead atoms. The molecule has 0 spiro atoms. The predicted molar refractivity (Wildman–Crippen MR) is 40.4 cm³/mol. The van der Waals surface area contributed by atoms with Gasteiger partial charge in [-0.2, -0.15) is 0 Å². The summed E-state index contributed by atoms with van der Waals surface area (Å²) in [5, 5.41) is 1.79. The van der Waals surface area contributed by atoms with Gasteiger partial charge in [-0.15, -0.1) is 0 Å². The summed E-state index contributed by atoms with van der Waals surface area (Å²) in [7, 11) is 0. The first-order valence-electron chi connectivity index (χ1n) is 2.64. The van der Waals surface area contributed by atoms with Gasteiger partial charge in [0, 0.05) is 6.20 Å². The van der Waals surface area contributed by atoms with E-state index in [2.05, 4.69) is 0 Å². The Bertz CT molecular complexity index is 189. The number of hydrazine groups is 1. The molecule has 0 aromatic heterocycles. The normalized spacial score (nSPS) is 15.5. The number of rotatable bonds is 0. The Balaban J connectivity index is 2.51. The zero-order valence-electron chi connectivity index (χ0n) is 5.15. The Kier molecular flexibility index (Phi) is 2.35. The lowest BCUT2D eigenvalue weighted by Gasteiger charge is -2.14. The van der Waals surface area contributed by atoms with Crippen molar-refractivity contribution in [1.82, 2.24) is 9.73 Å². The Morgan fingerprint density at radius 2 is 2.40 bits per heavy atom. The molecule has 5 heteroatoms. The Morgan fingerprint density at radius 3 is 2.90 bits per heavy atom. The highest BCUT2D eigenvalue weighted by molar-refractivity contribution is 8.00. The monoisotopic (exact) mass is 157 g/mol. The molecule has 0 radical (unpaired) electrons. The smallest absolute Gasteiger partial charge is 0.275 e. The van der Waals surface area contributed by atoms with Gasteiger partial charge in [-0.25, -0.2) is 14.9 Å². The maximum Gasteiger partial charge on any atom is 0.345 e. The summed E-state index contributed by atoms with van der Waals surface area (Å²) >= 11 is 1.27. The largest absolute Gasteiger partial charge is 0.345 e. The topological polar surface area (TPSA) is 58.4 Å². The second-order valence-electron chi connectivity index (χ2n) is 1.55. The minimum absolute atomic E-state index is 0.328. The van der Waals surface area contributed by atoms with Crippen LogP contribution in [0.25, 0.3) is 0 Å².